The average Bonchev–Trinajstić information content (AvgIpc) is 2.17. The number of nitrogens with one attached hydrogen (secondary N) is 1. The molecule has 74 valence electrons. The van der Waals surface area contributed by atoms with Gasteiger partial charge in [0.05, 0.1) is 0 Å². The number of carbonyl (C=O) groups is 1. The summed E-state index contributed by atoms with van der Waals surface area (Å²) in [6.45, 7) is 0. The van der Waals surface area contributed by atoms with Gasteiger partial charge in [-0.3, -0.25) is 10.2 Å². The van der Waals surface area contributed by atoms with E-state index in [9.17, 15) is 4.79 Å². The van der Waals surface area contributed by atoms with Gasteiger partial charge in [0, 0.05) is 0 Å². The number of rotatable bonds is 3. The van der Waals surface area contributed by atoms with Crippen molar-refractivity contribution in [2.24, 2.45) is 17.2 Å². The van der Waals surface area contributed by atoms with E-state index in [1.165, 1.54) is 0 Å². The Balaban J connectivity index is 3.27. The van der Waals surface area contributed by atoms with Gasteiger partial charge in [-0.05, 0) is 5.56 Å². The second-order valence-corrected chi connectivity index (χ2v) is 2.95. The smallest absolute Gasteiger partial charge is 0.250 e. The van der Waals surface area contributed by atoms with Gasteiger partial charge in [0.15, 0.2) is 5.54 Å². The van der Waals surface area contributed by atoms with Crippen molar-refractivity contribution in [1.82, 2.24) is 0 Å². The lowest BCUT2D eigenvalue weighted by atomic mass is 9.89. The largest absolute Gasteiger partial charge is 0.385 e. The highest BCUT2D eigenvalue weighted by Gasteiger charge is 2.37. The van der Waals surface area contributed by atoms with Crippen molar-refractivity contribution < 1.29 is 4.79 Å². The van der Waals surface area contributed by atoms with Crippen LogP contribution in [0.4, 0.5) is 0 Å². The Hall–Kier alpha value is -1.88. The second kappa shape index (κ2) is 3.47. The minimum absolute atomic E-state index is 0.417. The van der Waals surface area contributed by atoms with Crippen LogP contribution >= 0.6 is 0 Å². The van der Waals surface area contributed by atoms with Gasteiger partial charge in [0.25, 0.3) is 0 Å². The highest BCUT2D eigenvalue weighted by Crippen LogP contribution is 2.16. The number of carbonyl (C=O) groups excluding carboxylic acids is 1. The predicted molar refractivity (Wildman–Crippen MR) is 53.4 cm³/mol. The standard InChI is InChI=1S/C9H12N4O/c10-7(11)9(13,8(12)14)6-4-2-1-3-5-6/h1-5H,13H2,(H3,10,11)(H2,12,14). The van der Waals surface area contributed by atoms with Gasteiger partial charge in [0.2, 0.25) is 5.91 Å². The number of nitrogens with two attached hydrogens (primary N) is 3. The molecule has 0 aromatic heterocycles. The molecular weight excluding hydrogens is 180 g/mol. The quantitative estimate of drug-likeness (QED) is 0.373. The van der Waals surface area contributed by atoms with E-state index in [2.05, 4.69) is 0 Å². The third kappa shape index (κ3) is 1.45. The van der Waals surface area contributed by atoms with Crippen LogP contribution in [0.15, 0.2) is 30.3 Å². The highest BCUT2D eigenvalue weighted by molar-refractivity contribution is 6.09. The molecule has 0 aliphatic rings. The molecule has 0 saturated heterocycles. The summed E-state index contributed by atoms with van der Waals surface area (Å²) < 4.78 is 0. The van der Waals surface area contributed by atoms with Crippen molar-refractivity contribution in [3.8, 4) is 0 Å². The molecule has 0 aliphatic carbocycles. The maximum absolute atomic E-state index is 11.1. The summed E-state index contributed by atoms with van der Waals surface area (Å²) in [5.74, 6) is -1.30. The third-order valence-corrected chi connectivity index (χ3v) is 2.04. The van der Waals surface area contributed by atoms with E-state index >= 15 is 0 Å². The summed E-state index contributed by atoms with van der Waals surface area (Å²) in [6, 6.07) is 8.37. The van der Waals surface area contributed by atoms with E-state index in [-0.39, 0.29) is 0 Å². The lowest BCUT2D eigenvalue weighted by Gasteiger charge is -2.24. The van der Waals surface area contributed by atoms with E-state index < -0.39 is 17.3 Å². The number of amides is 1. The van der Waals surface area contributed by atoms with E-state index in [0.717, 1.165) is 0 Å². The summed E-state index contributed by atoms with van der Waals surface area (Å²) >= 11 is 0. The first-order chi connectivity index (χ1) is 6.49. The zero-order valence-electron chi connectivity index (χ0n) is 7.53. The van der Waals surface area contributed by atoms with Crippen LogP contribution < -0.4 is 17.2 Å². The Morgan fingerprint density at radius 1 is 1.21 bits per heavy atom. The van der Waals surface area contributed by atoms with Crippen molar-refractivity contribution >= 4 is 11.7 Å². The molecule has 14 heavy (non-hydrogen) atoms. The van der Waals surface area contributed by atoms with Crippen molar-refractivity contribution in [2.75, 3.05) is 0 Å². The molecule has 1 rings (SSSR count). The van der Waals surface area contributed by atoms with Gasteiger partial charge >= 0.3 is 0 Å². The molecule has 0 radical (unpaired) electrons. The molecule has 1 atom stereocenters. The van der Waals surface area contributed by atoms with Crippen molar-refractivity contribution in [3.05, 3.63) is 35.9 Å². The van der Waals surface area contributed by atoms with Crippen LogP contribution in [-0.4, -0.2) is 11.7 Å². The van der Waals surface area contributed by atoms with Crippen LogP contribution in [-0.2, 0) is 10.3 Å². The van der Waals surface area contributed by atoms with Crippen LogP contribution in [0.2, 0.25) is 0 Å². The molecule has 1 amide bonds. The number of amidine groups is 1. The fourth-order valence-corrected chi connectivity index (χ4v) is 1.13. The van der Waals surface area contributed by atoms with E-state index in [4.69, 9.17) is 22.6 Å². The highest BCUT2D eigenvalue weighted by atomic mass is 16.1. The maximum Gasteiger partial charge on any atom is 0.250 e. The summed E-state index contributed by atoms with van der Waals surface area (Å²) in [6.07, 6.45) is 0. The van der Waals surface area contributed by atoms with Gasteiger partial charge in [0.1, 0.15) is 5.84 Å². The third-order valence-electron chi connectivity index (χ3n) is 2.04. The van der Waals surface area contributed by atoms with E-state index in [1.807, 2.05) is 0 Å². The molecule has 7 N–H and O–H groups in total. The molecule has 0 fully saturated rings. The van der Waals surface area contributed by atoms with Crippen molar-refractivity contribution in [2.45, 2.75) is 5.54 Å². The van der Waals surface area contributed by atoms with Gasteiger partial charge in [-0.15, -0.1) is 0 Å². The minimum atomic E-state index is -1.71. The molecule has 0 aliphatic heterocycles. The van der Waals surface area contributed by atoms with Gasteiger partial charge in [-0.2, -0.15) is 0 Å². The SMILES string of the molecule is N=C(N)C(N)(C(N)=O)c1ccccc1. The van der Waals surface area contributed by atoms with Crippen LogP contribution in [0.1, 0.15) is 5.56 Å². The Morgan fingerprint density at radius 3 is 2.07 bits per heavy atom. The number of benzene rings is 1. The Morgan fingerprint density at radius 2 is 1.71 bits per heavy atom. The van der Waals surface area contributed by atoms with Crippen molar-refractivity contribution in [3.63, 3.8) is 0 Å². The Kier molecular flexibility index (Phi) is 2.53. The van der Waals surface area contributed by atoms with Gasteiger partial charge in [-0.1, -0.05) is 30.3 Å². The second-order valence-electron chi connectivity index (χ2n) is 2.95. The summed E-state index contributed by atoms with van der Waals surface area (Å²) in [5, 5.41) is 7.27. The molecule has 5 heteroatoms. The van der Waals surface area contributed by atoms with E-state index in [0.29, 0.717) is 5.56 Å². The normalized spacial score (nSPS) is 14.4. The minimum Gasteiger partial charge on any atom is -0.385 e. The molecule has 1 aromatic rings. The number of primary amides is 1. The van der Waals surface area contributed by atoms with Crippen LogP contribution in [0.25, 0.3) is 0 Å². The first-order valence-corrected chi connectivity index (χ1v) is 3.98. The molecular formula is C9H12N4O. The molecule has 0 saturated carbocycles. The zero-order valence-corrected chi connectivity index (χ0v) is 7.53. The maximum atomic E-state index is 11.1. The van der Waals surface area contributed by atoms with Crippen LogP contribution in [0, 0.1) is 5.41 Å². The van der Waals surface area contributed by atoms with Crippen molar-refractivity contribution in [1.29, 1.82) is 5.41 Å². The summed E-state index contributed by atoms with van der Waals surface area (Å²) in [5.41, 5.74) is 14.8. The fourth-order valence-electron chi connectivity index (χ4n) is 1.13. The molecule has 5 nitrogen and oxygen atoms in total. The molecule has 0 bridgehead atoms. The lowest BCUT2D eigenvalue weighted by molar-refractivity contribution is -0.121. The molecule has 0 heterocycles. The zero-order chi connectivity index (χ0) is 10.8. The van der Waals surface area contributed by atoms with E-state index in [1.54, 1.807) is 30.3 Å². The lowest BCUT2D eigenvalue weighted by Crippen LogP contribution is -2.57. The summed E-state index contributed by atoms with van der Waals surface area (Å²) in [4.78, 5) is 11.1. The van der Waals surface area contributed by atoms with Crippen LogP contribution in [0.3, 0.4) is 0 Å². The summed E-state index contributed by atoms with van der Waals surface area (Å²) in [7, 11) is 0. The van der Waals surface area contributed by atoms with Gasteiger partial charge < -0.3 is 17.2 Å². The molecule has 1 aromatic carbocycles. The molecule has 0 spiro atoms. The Bertz CT molecular complexity index is 346. The predicted octanol–water partition coefficient (Wildman–Crippen LogP) is -0.738. The number of hydrogen-bond donors (Lipinski definition) is 4. The van der Waals surface area contributed by atoms with Crippen LogP contribution in [0.5, 0.6) is 0 Å². The topological polar surface area (TPSA) is 119 Å². The Labute approximate surface area is 81.4 Å². The first-order valence-electron chi connectivity index (χ1n) is 3.98. The molecule has 1 unspecified atom stereocenters. The van der Waals surface area contributed by atoms with Gasteiger partial charge in [-0.25, -0.2) is 0 Å². The average molecular weight is 192 g/mol. The number of hydrogen-bond acceptors (Lipinski definition) is 3. The first kappa shape index (κ1) is 10.2. The monoisotopic (exact) mass is 192 g/mol. The fraction of sp³-hybridized carbons (Fsp3) is 0.111.